The van der Waals surface area contributed by atoms with Crippen LogP contribution in [0, 0.1) is 6.92 Å². The third kappa shape index (κ3) is 3.30. The minimum Gasteiger partial charge on any atom is -0.496 e. The molecule has 0 saturated heterocycles. The highest BCUT2D eigenvalue weighted by atomic mass is 16.5. The summed E-state index contributed by atoms with van der Waals surface area (Å²) in [5.41, 5.74) is 6.21. The molecule has 0 spiro atoms. The Kier molecular flexibility index (Phi) is 4.49. The maximum absolute atomic E-state index is 5.69. The Morgan fingerprint density at radius 2 is 2.21 bits per heavy atom. The average molecular weight is 257 g/mol. The predicted octanol–water partition coefficient (Wildman–Crippen LogP) is 2.15. The second kappa shape index (κ2) is 6.31. The number of hydrogen-bond acceptors (Lipinski definition) is 4. The molecule has 0 aliphatic carbocycles. The number of hydrazine groups is 1. The fourth-order valence-electron chi connectivity index (χ4n) is 2.12. The van der Waals surface area contributed by atoms with E-state index in [1.54, 1.807) is 13.3 Å². The number of nitrogens with zero attached hydrogens (tertiary/aromatic N) is 1. The molecular formula is C15H19N3O. The lowest BCUT2D eigenvalue weighted by Crippen LogP contribution is -2.30. The zero-order valence-electron chi connectivity index (χ0n) is 11.3. The predicted molar refractivity (Wildman–Crippen MR) is 75.7 cm³/mol. The van der Waals surface area contributed by atoms with E-state index in [-0.39, 0.29) is 6.04 Å². The van der Waals surface area contributed by atoms with Crippen molar-refractivity contribution in [1.82, 2.24) is 10.4 Å². The van der Waals surface area contributed by atoms with Crippen molar-refractivity contribution in [2.75, 3.05) is 7.11 Å². The summed E-state index contributed by atoms with van der Waals surface area (Å²) in [6.07, 6.45) is 4.38. The summed E-state index contributed by atoms with van der Waals surface area (Å²) in [6, 6.07) is 10.1. The number of aromatic nitrogens is 1. The van der Waals surface area contributed by atoms with Crippen LogP contribution in [0.3, 0.4) is 0 Å². The smallest absolute Gasteiger partial charge is 0.123 e. The van der Waals surface area contributed by atoms with E-state index < -0.39 is 0 Å². The molecule has 0 fully saturated rings. The summed E-state index contributed by atoms with van der Waals surface area (Å²) in [5, 5.41) is 0. The van der Waals surface area contributed by atoms with Gasteiger partial charge in [0.15, 0.2) is 0 Å². The van der Waals surface area contributed by atoms with Gasteiger partial charge in [-0.05, 0) is 36.6 Å². The molecule has 0 radical (unpaired) electrons. The summed E-state index contributed by atoms with van der Waals surface area (Å²) in [7, 11) is 1.68. The van der Waals surface area contributed by atoms with Gasteiger partial charge in [0.25, 0.3) is 0 Å². The number of benzene rings is 1. The number of aryl methyl sites for hydroxylation is 1. The van der Waals surface area contributed by atoms with E-state index in [4.69, 9.17) is 10.6 Å². The van der Waals surface area contributed by atoms with Crippen LogP contribution in [0.2, 0.25) is 0 Å². The van der Waals surface area contributed by atoms with Crippen LogP contribution < -0.4 is 16.0 Å². The van der Waals surface area contributed by atoms with Gasteiger partial charge >= 0.3 is 0 Å². The normalized spacial score (nSPS) is 12.2. The standard InChI is InChI=1S/C15H19N3O/c1-11-5-6-13(15(8-11)19-2)14(18-16)9-12-4-3-7-17-10-12/h3-8,10,14,18H,9,16H2,1-2H3. The van der Waals surface area contributed by atoms with Gasteiger partial charge < -0.3 is 4.74 Å². The number of pyridine rings is 1. The monoisotopic (exact) mass is 257 g/mol. The van der Waals surface area contributed by atoms with Crippen molar-refractivity contribution in [1.29, 1.82) is 0 Å². The van der Waals surface area contributed by atoms with Crippen molar-refractivity contribution in [3.63, 3.8) is 0 Å². The second-order valence-corrected chi connectivity index (χ2v) is 4.53. The van der Waals surface area contributed by atoms with Gasteiger partial charge in [0.2, 0.25) is 0 Å². The number of hydrogen-bond donors (Lipinski definition) is 2. The van der Waals surface area contributed by atoms with Crippen LogP contribution in [0.4, 0.5) is 0 Å². The van der Waals surface area contributed by atoms with E-state index in [0.29, 0.717) is 0 Å². The van der Waals surface area contributed by atoms with Gasteiger partial charge in [0.1, 0.15) is 5.75 Å². The lowest BCUT2D eigenvalue weighted by molar-refractivity contribution is 0.398. The van der Waals surface area contributed by atoms with Crippen LogP contribution in [0.1, 0.15) is 22.7 Å². The topological polar surface area (TPSA) is 60.2 Å². The van der Waals surface area contributed by atoms with E-state index in [1.165, 1.54) is 0 Å². The maximum atomic E-state index is 5.69. The van der Waals surface area contributed by atoms with E-state index in [2.05, 4.69) is 22.5 Å². The third-order valence-electron chi connectivity index (χ3n) is 3.13. The molecule has 2 aromatic rings. The van der Waals surface area contributed by atoms with E-state index in [0.717, 1.165) is 28.9 Å². The molecule has 0 aliphatic heterocycles. The van der Waals surface area contributed by atoms with E-state index in [9.17, 15) is 0 Å². The quantitative estimate of drug-likeness (QED) is 0.636. The molecule has 1 unspecified atom stereocenters. The number of nitrogens with two attached hydrogens (primary N) is 1. The Labute approximate surface area is 113 Å². The zero-order valence-corrected chi connectivity index (χ0v) is 11.3. The maximum Gasteiger partial charge on any atom is 0.123 e. The van der Waals surface area contributed by atoms with E-state index >= 15 is 0 Å². The molecule has 4 nitrogen and oxygen atoms in total. The van der Waals surface area contributed by atoms with Gasteiger partial charge in [-0.1, -0.05) is 18.2 Å². The summed E-state index contributed by atoms with van der Waals surface area (Å²) >= 11 is 0. The Morgan fingerprint density at radius 1 is 1.37 bits per heavy atom. The highest BCUT2D eigenvalue weighted by Crippen LogP contribution is 2.28. The molecule has 2 rings (SSSR count). The summed E-state index contributed by atoms with van der Waals surface area (Å²) in [5.74, 6) is 6.54. The molecular weight excluding hydrogens is 238 g/mol. The van der Waals surface area contributed by atoms with Crippen LogP contribution in [-0.4, -0.2) is 12.1 Å². The number of ether oxygens (including phenoxy) is 1. The van der Waals surface area contributed by atoms with Crippen molar-refractivity contribution in [2.45, 2.75) is 19.4 Å². The van der Waals surface area contributed by atoms with Gasteiger partial charge in [-0.15, -0.1) is 0 Å². The number of methoxy groups -OCH3 is 1. The van der Waals surface area contributed by atoms with Gasteiger partial charge in [-0.2, -0.15) is 0 Å². The minimum atomic E-state index is -0.000231. The van der Waals surface area contributed by atoms with Crippen molar-refractivity contribution >= 4 is 0 Å². The van der Waals surface area contributed by atoms with Crippen LogP contribution in [0.15, 0.2) is 42.7 Å². The molecule has 100 valence electrons. The zero-order chi connectivity index (χ0) is 13.7. The van der Waals surface area contributed by atoms with Crippen molar-refractivity contribution in [2.24, 2.45) is 5.84 Å². The molecule has 1 aromatic heterocycles. The van der Waals surface area contributed by atoms with Gasteiger partial charge in [-0.25, -0.2) is 0 Å². The lowest BCUT2D eigenvalue weighted by atomic mass is 9.98. The lowest BCUT2D eigenvalue weighted by Gasteiger charge is -2.19. The Hall–Kier alpha value is -1.91. The molecule has 1 heterocycles. The molecule has 0 saturated carbocycles. The fourth-order valence-corrected chi connectivity index (χ4v) is 2.12. The SMILES string of the molecule is COc1cc(C)ccc1C(Cc1cccnc1)NN. The summed E-state index contributed by atoms with van der Waals surface area (Å²) in [4.78, 5) is 4.12. The third-order valence-corrected chi connectivity index (χ3v) is 3.13. The van der Waals surface area contributed by atoms with Crippen molar-refractivity contribution in [3.05, 3.63) is 59.4 Å². The first-order chi connectivity index (χ1) is 9.24. The molecule has 1 aromatic carbocycles. The number of nitrogens with one attached hydrogen (secondary N) is 1. The van der Waals surface area contributed by atoms with Crippen LogP contribution in [-0.2, 0) is 6.42 Å². The molecule has 0 aliphatic rings. The first-order valence-electron chi connectivity index (χ1n) is 6.24. The Morgan fingerprint density at radius 3 is 2.84 bits per heavy atom. The molecule has 1 atom stereocenters. The highest BCUT2D eigenvalue weighted by Gasteiger charge is 2.15. The first kappa shape index (κ1) is 13.5. The van der Waals surface area contributed by atoms with Crippen LogP contribution in [0.25, 0.3) is 0 Å². The Bertz CT molecular complexity index is 528. The summed E-state index contributed by atoms with van der Waals surface area (Å²) in [6.45, 7) is 2.04. The largest absolute Gasteiger partial charge is 0.496 e. The second-order valence-electron chi connectivity index (χ2n) is 4.53. The molecule has 19 heavy (non-hydrogen) atoms. The molecule has 4 heteroatoms. The van der Waals surface area contributed by atoms with Crippen LogP contribution in [0.5, 0.6) is 5.75 Å². The van der Waals surface area contributed by atoms with Crippen molar-refractivity contribution < 1.29 is 4.74 Å². The van der Waals surface area contributed by atoms with Crippen LogP contribution >= 0.6 is 0 Å². The van der Waals surface area contributed by atoms with Crippen molar-refractivity contribution in [3.8, 4) is 5.75 Å². The summed E-state index contributed by atoms with van der Waals surface area (Å²) < 4.78 is 5.44. The first-order valence-corrected chi connectivity index (χ1v) is 6.24. The van der Waals surface area contributed by atoms with E-state index in [1.807, 2.05) is 31.3 Å². The molecule has 0 bridgehead atoms. The van der Waals surface area contributed by atoms with Gasteiger partial charge in [0, 0.05) is 18.0 Å². The molecule has 0 amide bonds. The minimum absolute atomic E-state index is 0.000231. The average Bonchev–Trinajstić information content (AvgIpc) is 2.46. The van der Waals surface area contributed by atoms with Gasteiger partial charge in [0.05, 0.1) is 13.2 Å². The number of rotatable bonds is 5. The molecule has 3 N–H and O–H groups in total. The highest BCUT2D eigenvalue weighted by molar-refractivity contribution is 5.40. The van der Waals surface area contributed by atoms with Gasteiger partial charge in [-0.3, -0.25) is 16.3 Å². The Balaban J connectivity index is 2.27. The fraction of sp³-hybridized carbons (Fsp3) is 0.267.